The van der Waals surface area contributed by atoms with E-state index in [2.05, 4.69) is 74.7 Å². The minimum atomic E-state index is -0.195. The second-order valence-electron chi connectivity index (χ2n) is 9.78. The van der Waals surface area contributed by atoms with Gasteiger partial charge in [-0.1, -0.05) is 42.5 Å². The molecule has 5 aromatic rings. The zero-order chi connectivity index (χ0) is 24.0. The minimum absolute atomic E-state index is 0.195. The summed E-state index contributed by atoms with van der Waals surface area (Å²) < 4.78 is 2.20. The average Bonchev–Trinajstić information content (AvgIpc) is 3.18. The van der Waals surface area contributed by atoms with Gasteiger partial charge in [-0.05, 0) is 70.0 Å². The lowest BCUT2D eigenvalue weighted by atomic mass is 10.1. The highest BCUT2D eigenvalue weighted by Gasteiger charge is 2.24. The number of aromatic nitrogens is 3. The van der Waals surface area contributed by atoms with Crippen LogP contribution in [0, 0.1) is 25.2 Å². The van der Waals surface area contributed by atoms with Gasteiger partial charge in [0.15, 0.2) is 5.65 Å². The maximum Gasteiger partial charge on any atom is 0.166 e. The third-order valence-electron chi connectivity index (χ3n) is 5.98. The molecule has 0 bridgehead atoms. The summed E-state index contributed by atoms with van der Waals surface area (Å²) in [5.74, 6) is 0.917. The van der Waals surface area contributed by atoms with E-state index in [-0.39, 0.29) is 5.54 Å². The van der Waals surface area contributed by atoms with E-state index >= 15 is 0 Å². The van der Waals surface area contributed by atoms with E-state index in [4.69, 9.17) is 9.97 Å². The van der Waals surface area contributed by atoms with Crippen molar-refractivity contribution in [2.75, 3.05) is 5.32 Å². The van der Waals surface area contributed by atoms with E-state index in [0.717, 1.165) is 45.0 Å². The van der Waals surface area contributed by atoms with E-state index in [0.29, 0.717) is 5.56 Å². The molecule has 1 N–H and O–H groups in total. The summed E-state index contributed by atoms with van der Waals surface area (Å²) in [6, 6.07) is 24.3. The summed E-state index contributed by atoms with van der Waals surface area (Å²) in [5, 5.41) is 13.0. The maximum atomic E-state index is 9.26. The Morgan fingerprint density at radius 3 is 2.12 bits per heavy atom. The standard InChI is InChI=1S/C29H27N5/c1-18-15-23-24(16-19(18)2)34-27(25(31-23)21-9-7-6-8-10-21)32-26(28(34)33-29(3,4)5)22-13-11-20(17-30)12-14-22/h6-16,33H,1-5H3. The Bertz CT molecular complexity index is 1560. The first-order valence-corrected chi connectivity index (χ1v) is 11.4. The number of anilines is 1. The van der Waals surface area contributed by atoms with Crippen LogP contribution in [0.5, 0.6) is 0 Å². The second-order valence-corrected chi connectivity index (χ2v) is 9.78. The molecule has 0 atom stereocenters. The van der Waals surface area contributed by atoms with E-state index < -0.39 is 0 Å². The van der Waals surface area contributed by atoms with E-state index in [9.17, 15) is 5.26 Å². The van der Waals surface area contributed by atoms with Crippen LogP contribution >= 0.6 is 0 Å². The predicted molar refractivity (Wildman–Crippen MR) is 139 cm³/mol. The van der Waals surface area contributed by atoms with Crippen molar-refractivity contribution in [1.82, 2.24) is 14.4 Å². The summed E-state index contributed by atoms with van der Waals surface area (Å²) in [4.78, 5) is 10.2. The lowest BCUT2D eigenvalue weighted by Crippen LogP contribution is -2.27. The number of imidazole rings is 1. The quantitative estimate of drug-likeness (QED) is 0.327. The third kappa shape index (κ3) is 3.78. The molecule has 34 heavy (non-hydrogen) atoms. The van der Waals surface area contributed by atoms with Gasteiger partial charge in [-0.25, -0.2) is 9.97 Å². The fourth-order valence-corrected chi connectivity index (χ4v) is 4.20. The van der Waals surface area contributed by atoms with Gasteiger partial charge in [0.05, 0.1) is 22.7 Å². The van der Waals surface area contributed by atoms with Crippen molar-refractivity contribution < 1.29 is 0 Å². The topological polar surface area (TPSA) is 66.0 Å². The molecular weight excluding hydrogens is 418 g/mol. The molecule has 0 amide bonds. The minimum Gasteiger partial charge on any atom is -0.365 e. The molecule has 3 aromatic carbocycles. The lowest BCUT2D eigenvalue weighted by Gasteiger charge is -2.23. The van der Waals surface area contributed by atoms with Crippen molar-refractivity contribution in [3.63, 3.8) is 0 Å². The lowest BCUT2D eigenvalue weighted by molar-refractivity contribution is 0.630. The van der Waals surface area contributed by atoms with Crippen LogP contribution in [0.25, 0.3) is 39.2 Å². The van der Waals surface area contributed by atoms with Gasteiger partial charge in [-0.15, -0.1) is 0 Å². The van der Waals surface area contributed by atoms with E-state index in [1.165, 1.54) is 11.1 Å². The largest absolute Gasteiger partial charge is 0.365 e. The van der Waals surface area contributed by atoms with Crippen molar-refractivity contribution in [1.29, 1.82) is 5.26 Å². The van der Waals surface area contributed by atoms with Gasteiger partial charge < -0.3 is 5.32 Å². The molecular formula is C29H27N5. The van der Waals surface area contributed by atoms with Crippen molar-refractivity contribution in [3.8, 4) is 28.6 Å². The number of nitrogens with one attached hydrogen (secondary N) is 1. The number of nitrogens with zero attached hydrogens (tertiary/aromatic N) is 4. The molecule has 2 heterocycles. The van der Waals surface area contributed by atoms with Crippen molar-refractivity contribution in [2.45, 2.75) is 40.2 Å². The number of benzene rings is 3. The Balaban J connectivity index is 1.94. The molecule has 0 fully saturated rings. The first-order valence-electron chi connectivity index (χ1n) is 11.4. The van der Waals surface area contributed by atoms with Crippen molar-refractivity contribution in [2.24, 2.45) is 0 Å². The first-order chi connectivity index (χ1) is 16.2. The van der Waals surface area contributed by atoms with Gasteiger partial charge in [-0.3, -0.25) is 4.40 Å². The van der Waals surface area contributed by atoms with E-state index in [1.807, 2.05) is 42.5 Å². The summed E-state index contributed by atoms with van der Waals surface area (Å²) in [6.07, 6.45) is 0. The van der Waals surface area contributed by atoms with E-state index in [1.54, 1.807) is 0 Å². The zero-order valence-corrected chi connectivity index (χ0v) is 20.1. The highest BCUT2D eigenvalue weighted by Crippen LogP contribution is 2.37. The summed E-state index contributed by atoms with van der Waals surface area (Å²) in [5.41, 5.74) is 9.23. The molecule has 5 nitrogen and oxygen atoms in total. The normalized spacial score (nSPS) is 11.6. The Morgan fingerprint density at radius 1 is 0.824 bits per heavy atom. The SMILES string of the molecule is Cc1cc2nc(-c3ccccc3)c3nc(-c4ccc(C#N)cc4)c(NC(C)(C)C)n3c2cc1C. The van der Waals surface area contributed by atoms with Crippen LogP contribution in [0.2, 0.25) is 0 Å². The molecule has 0 saturated heterocycles. The molecule has 0 saturated carbocycles. The van der Waals surface area contributed by atoms with Gasteiger partial charge in [0.1, 0.15) is 17.2 Å². The van der Waals surface area contributed by atoms with Crippen LogP contribution in [0.1, 0.15) is 37.5 Å². The van der Waals surface area contributed by atoms with Crippen molar-refractivity contribution in [3.05, 3.63) is 83.4 Å². The predicted octanol–water partition coefficient (Wildman–Crippen LogP) is 6.92. The van der Waals surface area contributed by atoms with Gasteiger partial charge in [-0.2, -0.15) is 5.26 Å². The first kappa shape index (κ1) is 21.7. The van der Waals surface area contributed by atoms with Crippen LogP contribution in [-0.4, -0.2) is 19.9 Å². The molecule has 0 aliphatic carbocycles. The number of hydrogen-bond donors (Lipinski definition) is 1. The molecule has 0 radical (unpaired) electrons. The molecule has 0 spiro atoms. The third-order valence-corrected chi connectivity index (χ3v) is 5.98. The average molecular weight is 446 g/mol. The molecule has 5 heteroatoms. The van der Waals surface area contributed by atoms with Crippen LogP contribution in [0.15, 0.2) is 66.7 Å². The molecule has 2 aromatic heterocycles. The Labute approximate surface area is 199 Å². The van der Waals surface area contributed by atoms with Gasteiger partial charge in [0, 0.05) is 16.7 Å². The summed E-state index contributed by atoms with van der Waals surface area (Å²) >= 11 is 0. The highest BCUT2D eigenvalue weighted by atomic mass is 15.2. The zero-order valence-electron chi connectivity index (χ0n) is 20.1. The highest BCUT2D eigenvalue weighted by molar-refractivity contribution is 5.92. The van der Waals surface area contributed by atoms with Crippen molar-refractivity contribution >= 4 is 22.5 Å². The van der Waals surface area contributed by atoms with Crippen LogP contribution in [-0.2, 0) is 0 Å². The molecule has 0 aliphatic heterocycles. The molecule has 5 rings (SSSR count). The fraction of sp³-hybridized carbons (Fsp3) is 0.207. The van der Waals surface area contributed by atoms with Gasteiger partial charge >= 0.3 is 0 Å². The number of aryl methyl sites for hydroxylation is 2. The van der Waals surface area contributed by atoms with Crippen LogP contribution < -0.4 is 5.32 Å². The number of rotatable bonds is 3. The summed E-state index contributed by atoms with van der Waals surface area (Å²) in [7, 11) is 0. The van der Waals surface area contributed by atoms with Gasteiger partial charge in [0.25, 0.3) is 0 Å². The smallest absolute Gasteiger partial charge is 0.166 e. The second kappa shape index (κ2) is 8.00. The fourth-order valence-electron chi connectivity index (χ4n) is 4.20. The molecule has 0 aliphatic rings. The number of fused-ring (bicyclic) bond motifs is 3. The Hall–Kier alpha value is -4.17. The van der Waals surface area contributed by atoms with Crippen LogP contribution in [0.4, 0.5) is 5.82 Å². The summed E-state index contributed by atoms with van der Waals surface area (Å²) in [6.45, 7) is 10.7. The number of hydrogen-bond acceptors (Lipinski definition) is 4. The van der Waals surface area contributed by atoms with Gasteiger partial charge in [0.2, 0.25) is 0 Å². The molecule has 0 unspecified atom stereocenters. The maximum absolute atomic E-state index is 9.26. The van der Waals surface area contributed by atoms with Crippen LogP contribution in [0.3, 0.4) is 0 Å². The number of nitriles is 1. The Kier molecular flexibility index (Phi) is 5.10. The molecule has 168 valence electrons. The monoisotopic (exact) mass is 445 g/mol. The Morgan fingerprint density at radius 2 is 1.47 bits per heavy atom.